The number of nitrogens with zero attached hydrogens (tertiary/aromatic N) is 3. The summed E-state index contributed by atoms with van der Waals surface area (Å²) in [6.07, 6.45) is 0.623. The molecule has 1 aromatic rings. The van der Waals surface area contributed by atoms with Gasteiger partial charge in [-0.1, -0.05) is 0 Å². The van der Waals surface area contributed by atoms with Gasteiger partial charge < -0.3 is 10.6 Å². The Hall–Kier alpha value is -1.21. The molecule has 18 heavy (non-hydrogen) atoms. The number of anilines is 1. The maximum atomic E-state index is 11.5. The van der Waals surface area contributed by atoms with Gasteiger partial charge in [0.2, 0.25) is 5.95 Å². The van der Waals surface area contributed by atoms with Gasteiger partial charge in [-0.05, 0) is 19.4 Å². The summed E-state index contributed by atoms with van der Waals surface area (Å²) in [5.74, 6) is 1.01. The lowest BCUT2D eigenvalue weighted by Gasteiger charge is -2.20. The zero-order valence-corrected chi connectivity index (χ0v) is 11.3. The Morgan fingerprint density at radius 3 is 2.83 bits per heavy atom. The molecule has 0 aliphatic carbocycles. The van der Waals surface area contributed by atoms with Crippen molar-refractivity contribution in [1.82, 2.24) is 9.97 Å². The minimum absolute atomic E-state index is 0.169. The Bertz CT molecular complexity index is 530. The highest BCUT2D eigenvalue weighted by molar-refractivity contribution is 7.91. The average Bonchev–Trinajstić information content (AvgIpc) is 2.49. The van der Waals surface area contributed by atoms with E-state index in [1.54, 1.807) is 0 Å². The molecule has 1 aliphatic rings. The third-order valence-electron chi connectivity index (χ3n) is 2.94. The van der Waals surface area contributed by atoms with Crippen LogP contribution in [0.5, 0.6) is 0 Å². The maximum Gasteiger partial charge on any atom is 0.225 e. The van der Waals surface area contributed by atoms with Crippen LogP contribution in [0.15, 0.2) is 6.07 Å². The first-order valence-electron chi connectivity index (χ1n) is 6.00. The summed E-state index contributed by atoms with van der Waals surface area (Å²) >= 11 is 0. The van der Waals surface area contributed by atoms with Crippen molar-refractivity contribution in [1.29, 1.82) is 0 Å². The number of aryl methyl sites for hydroxylation is 1. The molecule has 1 fully saturated rings. The van der Waals surface area contributed by atoms with E-state index in [2.05, 4.69) is 9.97 Å². The summed E-state index contributed by atoms with van der Waals surface area (Å²) in [4.78, 5) is 10.6. The Labute approximate surface area is 107 Å². The molecule has 0 bridgehead atoms. The molecule has 2 heterocycles. The Balaban J connectivity index is 2.23. The van der Waals surface area contributed by atoms with Gasteiger partial charge in [0.25, 0.3) is 0 Å². The van der Waals surface area contributed by atoms with Gasteiger partial charge in [0.1, 0.15) is 0 Å². The molecule has 6 nitrogen and oxygen atoms in total. The first-order chi connectivity index (χ1) is 8.50. The molecule has 2 rings (SSSR count). The van der Waals surface area contributed by atoms with Gasteiger partial charge in [-0.25, -0.2) is 18.4 Å². The standard InChI is InChI=1S/C11H18N4O2S/c1-9-7-10(8-12)14-11(13-9)15-3-2-5-18(16,17)6-4-15/h7H,2-6,8,12H2,1H3. The van der Waals surface area contributed by atoms with Gasteiger partial charge >= 0.3 is 0 Å². The van der Waals surface area contributed by atoms with Gasteiger partial charge in [-0.2, -0.15) is 0 Å². The summed E-state index contributed by atoms with van der Waals surface area (Å²) in [5, 5.41) is 0. The molecule has 2 N–H and O–H groups in total. The van der Waals surface area contributed by atoms with Gasteiger partial charge in [0.15, 0.2) is 9.84 Å². The van der Waals surface area contributed by atoms with Crippen molar-refractivity contribution in [3.63, 3.8) is 0 Å². The van der Waals surface area contributed by atoms with Crippen LogP contribution >= 0.6 is 0 Å². The number of nitrogens with two attached hydrogens (primary N) is 1. The number of hydrogen-bond donors (Lipinski definition) is 1. The molecule has 7 heteroatoms. The largest absolute Gasteiger partial charge is 0.340 e. The fraction of sp³-hybridized carbons (Fsp3) is 0.636. The normalized spacial score (nSPS) is 19.6. The fourth-order valence-corrected chi connectivity index (χ4v) is 3.27. The van der Waals surface area contributed by atoms with Crippen molar-refractivity contribution in [2.45, 2.75) is 19.9 Å². The monoisotopic (exact) mass is 270 g/mol. The van der Waals surface area contributed by atoms with E-state index in [1.807, 2.05) is 17.9 Å². The molecule has 0 radical (unpaired) electrons. The lowest BCUT2D eigenvalue weighted by molar-refractivity contribution is 0.597. The molecule has 0 saturated carbocycles. The van der Waals surface area contributed by atoms with E-state index in [0.29, 0.717) is 32.0 Å². The highest BCUT2D eigenvalue weighted by atomic mass is 32.2. The van der Waals surface area contributed by atoms with Crippen molar-refractivity contribution in [2.75, 3.05) is 29.5 Å². The van der Waals surface area contributed by atoms with Crippen LogP contribution in [0.4, 0.5) is 5.95 Å². The minimum atomic E-state index is -2.91. The summed E-state index contributed by atoms with van der Waals surface area (Å²) in [6, 6.07) is 1.85. The van der Waals surface area contributed by atoms with E-state index in [9.17, 15) is 8.42 Å². The average molecular weight is 270 g/mol. The highest BCUT2D eigenvalue weighted by Gasteiger charge is 2.21. The smallest absolute Gasteiger partial charge is 0.225 e. The fourth-order valence-electron chi connectivity index (χ4n) is 2.00. The lowest BCUT2D eigenvalue weighted by atomic mass is 10.3. The van der Waals surface area contributed by atoms with E-state index < -0.39 is 9.84 Å². The molecular weight excluding hydrogens is 252 g/mol. The maximum absolute atomic E-state index is 11.5. The molecule has 1 aliphatic heterocycles. The van der Waals surface area contributed by atoms with Crippen molar-refractivity contribution >= 4 is 15.8 Å². The zero-order valence-electron chi connectivity index (χ0n) is 10.5. The van der Waals surface area contributed by atoms with E-state index in [-0.39, 0.29) is 11.5 Å². The summed E-state index contributed by atoms with van der Waals surface area (Å²) in [6.45, 7) is 3.38. The lowest BCUT2D eigenvalue weighted by Crippen LogP contribution is -2.29. The quantitative estimate of drug-likeness (QED) is 0.805. The molecule has 100 valence electrons. The van der Waals surface area contributed by atoms with Crippen LogP contribution in [-0.2, 0) is 16.4 Å². The summed E-state index contributed by atoms with van der Waals surface area (Å²) in [5.41, 5.74) is 7.22. The molecule has 0 unspecified atom stereocenters. The predicted octanol–water partition coefficient (Wildman–Crippen LogP) is -0.131. The number of hydrogen-bond acceptors (Lipinski definition) is 6. The molecule has 1 aromatic heterocycles. The molecule has 0 amide bonds. The third-order valence-corrected chi connectivity index (χ3v) is 4.66. The second-order valence-corrected chi connectivity index (χ2v) is 6.80. The van der Waals surface area contributed by atoms with Crippen molar-refractivity contribution in [2.24, 2.45) is 5.73 Å². The van der Waals surface area contributed by atoms with Crippen LogP contribution in [0.3, 0.4) is 0 Å². The van der Waals surface area contributed by atoms with E-state index in [0.717, 1.165) is 11.4 Å². The number of aromatic nitrogens is 2. The molecule has 1 saturated heterocycles. The van der Waals surface area contributed by atoms with Crippen LogP contribution in [0.1, 0.15) is 17.8 Å². The summed E-state index contributed by atoms with van der Waals surface area (Å²) in [7, 11) is -2.91. The van der Waals surface area contributed by atoms with Crippen molar-refractivity contribution < 1.29 is 8.42 Å². The van der Waals surface area contributed by atoms with E-state index in [4.69, 9.17) is 5.73 Å². The van der Waals surface area contributed by atoms with Crippen LogP contribution < -0.4 is 10.6 Å². The van der Waals surface area contributed by atoms with Gasteiger partial charge in [0.05, 0.1) is 17.2 Å². The first kappa shape index (κ1) is 13.2. The van der Waals surface area contributed by atoms with Crippen molar-refractivity contribution in [3.8, 4) is 0 Å². The number of rotatable bonds is 2. The van der Waals surface area contributed by atoms with Gasteiger partial charge in [-0.15, -0.1) is 0 Å². The van der Waals surface area contributed by atoms with Crippen LogP contribution in [0, 0.1) is 6.92 Å². The SMILES string of the molecule is Cc1cc(CN)nc(N2CCCS(=O)(=O)CC2)n1. The molecular formula is C11H18N4O2S. The van der Waals surface area contributed by atoms with Gasteiger partial charge in [0, 0.05) is 25.3 Å². The first-order valence-corrected chi connectivity index (χ1v) is 7.82. The second-order valence-electron chi connectivity index (χ2n) is 4.50. The van der Waals surface area contributed by atoms with Crippen LogP contribution in [0.25, 0.3) is 0 Å². The Morgan fingerprint density at radius 2 is 2.11 bits per heavy atom. The molecule has 0 atom stereocenters. The zero-order chi connectivity index (χ0) is 13.2. The van der Waals surface area contributed by atoms with Gasteiger partial charge in [-0.3, -0.25) is 0 Å². The van der Waals surface area contributed by atoms with E-state index >= 15 is 0 Å². The van der Waals surface area contributed by atoms with Crippen LogP contribution in [-0.4, -0.2) is 43.0 Å². The second kappa shape index (κ2) is 5.19. The predicted molar refractivity (Wildman–Crippen MR) is 70.1 cm³/mol. The minimum Gasteiger partial charge on any atom is -0.340 e. The van der Waals surface area contributed by atoms with E-state index in [1.165, 1.54) is 0 Å². The highest BCUT2D eigenvalue weighted by Crippen LogP contribution is 2.14. The van der Waals surface area contributed by atoms with Crippen molar-refractivity contribution in [3.05, 3.63) is 17.5 Å². The third kappa shape index (κ3) is 3.17. The topological polar surface area (TPSA) is 89.2 Å². The Kier molecular flexibility index (Phi) is 3.82. The Morgan fingerprint density at radius 1 is 1.33 bits per heavy atom. The summed E-state index contributed by atoms with van der Waals surface area (Å²) < 4.78 is 23.1. The van der Waals surface area contributed by atoms with Crippen LogP contribution in [0.2, 0.25) is 0 Å². The molecule has 0 spiro atoms. The number of sulfone groups is 1. The molecule has 0 aromatic carbocycles.